The zero-order chi connectivity index (χ0) is 13.9. The largest absolute Gasteiger partial charge is 0.481 e. The molecular formula is C5H12O10P2. The molecule has 0 rings (SSSR count). The number of hydrogen-bond acceptors (Lipinski definition) is 7. The van der Waals surface area contributed by atoms with Crippen molar-refractivity contribution in [1.29, 1.82) is 0 Å². The Bertz CT molecular complexity index is 360. The average molecular weight is 294 g/mol. The van der Waals surface area contributed by atoms with Gasteiger partial charge in [0.05, 0.1) is 6.61 Å². The van der Waals surface area contributed by atoms with Gasteiger partial charge in [-0.15, -0.1) is 0 Å². The van der Waals surface area contributed by atoms with Gasteiger partial charge in [0.2, 0.25) is 0 Å². The Balaban J connectivity index is 4.82. The van der Waals surface area contributed by atoms with Crippen LogP contribution in [0.3, 0.4) is 0 Å². The van der Waals surface area contributed by atoms with Crippen molar-refractivity contribution in [2.45, 2.75) is 19.1 Å². The SMILES string of the molecule is CC(=O)[C@@H](OP(=O)(O)OP(=O)(O)O)[C@H](O)CO. The summed E-state index contributed by atoms with van der Waals surface area (Å²) in [6.45, 7) is -0.0822. The number of phosphoric acid groups is 2. The third-order valence-electron chi connectivity index (χ3n) is 1.39. The number of Topliss-reactive ketones (excluding diaryl/α,β-unsaturated/α-hetero) is 1. The van der Waals surface area contributed by atoms with E-state index in [1.165, 1.54) is 0 Å². The second kappa shape index (κ2) is 6.14. The first kappa shape index (κ1) is 16.9. The number of aliphatic hydroxyl groups excluding tert-OH is 2. The van der Waals surface area contributed by atoms with Crippen molar-refractivity contribution < 1.29 is 47.7 Å². The van der Waals surface area contributed by atoms with E-state index in [4.69, 9.17) is 24.9 Å². The maximum atomic E-state index is 11.0. The number of carbonyl (C=O) groups excluding carboxylic acids is 1. The Morgan fingerprint density at radius 3 is 2.06 bits per heavy atom. The van der Waals surface area contributed by atoms with Crippen LogP contribution in [0.5, 0.6) is 0 Å². The Kier molecular flexibility index (Phi) is 6.09. The van der Waals surface area contributed by atoms with Crippen molar-refractivity contribution in [1.82, 2.24) is 0 Å². The van der Waals surface area contributed by atoms with Crippen LogP contribution in [0.2, 0.25) is 0 Å². The molecule has 0 spiro atoms. The molecule has 3 atom stereocenters. The molecule has 0 aromatic carbocycles. The summed E-state index contributed by atoms with van der Waals surface area (Å²) in [7, 11) is -10.6. The fourth-order valence-corrected chi connectivity index (χ4v) is 2.61. The van der Waals surface area contributed by atoms with Gasteiger partial charge in [0, 0.05) is 0 Å². The molecule has 1 unspecified atom stereocenters. The molecule has 0 bridgehead atoms. The maximum absolute atomic E-state index is 11.0. The summed E-state index contributed by atoms with van der Waals surface area (Å²) in [5, 5.41) is 17.6. The van der Waals surface area contributed by atoms with E-state index in [1.807, 2.05) is 0 Å². The van der Waals surface area contributed by atoms with Crippen LogP contribution in [-0.4, -0.2) is 49.5 Å². The van der Waals surface area contributed by atoms with Gasteiger partial charge in [0.1, 0.15) is 6.10 Å². The summed E-state index contributed by atoms with van der Waals surface area (Å²) in [6.07, 6.45) is -3.77. The lowest BCUT2D eigenvalue weighted by Crippen LogP contribution is -2.37. The van der Waals surface area contributed by atoms with Crippen molar-refractivity contribution in [2.24, 2.45) is 0 Å². The van der Waals surface area contributed by atoms with Crippen LogP contribution < -0.4 is 0 Å². The highest BCUT2D eigenvalue weighted by molar-refractivity contribution is 7.60. The van der Waals surface area contributed by atoms with Gasteiger partial charge in [-0.2, -0.15) is 4.31 Å². The lowest BCUT2D eigenvalue weighted by molar-refractivity contribution is -0.131. The Morgan fingerprint density at radius 2 is 1.76 bits per heavy atom. The third kappa shape index (κ3) is 6.99. The van der Waals surface area contributed by atoms with Crippen LogP contribution in [0.15, 0.2) is 0 Å². The molecule has 0 heterocycles. The summed E-state index contributed by atoms with van der Waals surface area (Å²) in [5.41, 5.74) is 0. The number of ketones is 1. The van der Waals surface area contributed by atoms with Crippen molar-refractivity contribution in [2.75, 3.05) is 6.61 Å². The lowest BCUT2D eigenvalue weighted by Gasteiger charge is -2.21. The molecule has 0 saturated heterocycles. The highest BCUT2D eigenvalue weighted by atomic mass is 31.3. The van der Waals surface area contributed by atoms with E-state index >= 15 is 0 Å². The first-order valence-corrected chi connectivity index (χ1v) is 7.08. The fourth-order valence-electron chi connectivity index (χ4n) is 0.808. The smallest absolute Gasteiger partial charge is 0.394 e. The Morgan fingerprint density at radius 1 is 1.29 bits per heavy atom. The predicted molar refractivity (Wildman–Crippen MR) is 51.6 cm³/mol. The van der Waals surface area contributed by atoms with Gasteiger partial charge in [-0.3, -0.25) is 9.32 Å². The van der Waals surface area contributed by atoms with E-state index in [0.717, 1.165) is 6.92 Å². The Hall–Kier alpha value is -0.150. The molecule has 0 aromatic heterocycles. The molecule has 0 radical (unpaired) electrons. The van der Waals surface area contributed by atoms with Crippen LogP contribution in [0, 0.1) is 0 Å². The number of phosphoric ester groups is 1. The molecule has 0 fully saturated rings. The standard InChI is InChI=1S/C5H12O10P2/c1-3(7)5(4(8)2-6)14-17(12,13)15-16(9,10)11/h4-6,8H,2H2,1H3,(H,12,13)(H2,9,10,11)/t4-,5-/m1/s1. The van der Waals surface area contributed by atoms with Crippen molar-refractivity contribution in [3.8, 4) is 0 Å². The number of rotatable bonds is 7. The normalized spacial score (nSPS) is 19.4. The minimum atomic E-state index is -5.31. The molecule has 17 heavy (non-hydrogen) atoms. The van der Waals surface area contributed by atoms with Gasteiger partial charge in [0.25, 0.3) is 0 Å². The minimum absolute atomic E-state index is 0.876. The summed E-state index contributed by atoms with van der Waals surface area (Å²) in [4.78, 5) is 36.4. The van der Waals surface area contributed by atoms with Crippen LogP contribution >= 0.6 is 15.6 Å². The summed E-state index contributed by atoms with van der Waals surface area (Å²) in [6, 6.07) is 0. The van der Waals surface area contributed by atoms with Crippen LogP contribution in [0.4, 0.5) is 0 Å². The van der Waals surface area contributed by atoms with Crippen molar-refractivity contribution >= 4 is 21.4 Å². The first-order valence-electron chi connectivity index (χ1n) is 4.06. The molecule has 0 aliphatic heterocycles. The summed E-state index contributed by atoms with van der Waals surface area (Å²) in [5.74, 6) is -0.935. The molecule has 10 nitrogen and oxygen atoms in total. The van der Waals surface area contributed by atoms with Crippen LogP contribution in [0.25, 0.3) is 0 Å². The van der Waals surface area contributed by atoms with Gasteiger partial charge in [0.15, 0.2) is 11.9 Å². The van der Waals surface area contributed by atoms with Crippen molar-refractivity contribution in [3.63, 3.8) is 0 Å². The first-order chi connectivity index (χ1) is 7.48. The monoisotopic (exact) mass is 294 g/mol. The zero-order valence-corrected chi connectivity index (χ0v) is 10.3. The number of carbonyl (C=O) groups is 1. The van der Waals surface area contributed by atoms with Crippen molar-refractivity contribution in [3.05, 3.63) is 0 Å². The zero-order valence-electron chi connectivity index (χ0n) is 8.53. The quantitative estimate of drug-likeness (QED) is 0.349. The number of aliphatic hydroxyl groups is 2. The topological polar surface area (TPSA) is 171 Å². The van der Waals surface area contributed by atoms with E-state index in [0.29, 0.717) is 0 Å². The highest BCUT2D eigenvalue weighted by Gasteiger charge is 2.38. The summed E-state index contributed by atoms with van der Waals surface area (Å²) < 4.78 is 28.8. The molecule has 5 N–H and O–H groups in total. The molecule has 0 aliphatic carbocycles. The van der Waals surface area contributed by atoms with Gasteiger partial charge >= 0.3 is 15.6 Å². The van der Waals surface area contributed by atoms with E-state index in [1.54, 1.807) is 0 Å². The summed E-state index contributed by atoms with van der Waals surface area (Å²) >= 11 is 0. The molecule has 0 amide bonds. The van der Waals surface area contributed by atoms with E-state index in [9.17, 15) is 13.9 Å². The molecular weight excluding hydrogens is 282 g/mol. The van der Waals surface area contributed by atoms with E-state index < -0.39 is 40.2 Å². The van der Waals surface area contributed by atoms with E-state index in [-0.39, 0.29) is 0 Å². The molecule has 102 valence electrons. The van der Waals surface area contributed by atoms with Crippen LogP contribution in [-0.2, 0) is 22.8 Å². The molecule has 0 aromatic rings. The highest BCUT2D eigenvalue weighted by Crippen LogP contribution is 2.58. The molecule has 0 saturated carbocycles. The second-order valence-electron chi connectivity index (χ2n) is 2.93. The maximum Gasteiger partial charge on any atom is 0.481 e. The lowest BCUT2D eigenvalue weighted by atomic mass is 10.1. The second-order valence-corrected chi connectivity index (χ2v) is 5.71. The third-order valence-corrected chi connectivity index (χ3v) is 3.56. The minimum Gasteiger partial charge on any atom is -0.394 e. The average Bonchev–Trinajstić information content (AvgIpc) is 2.08. The van der Waals surface area contributed by atoms with Gasteiger partial charge in [-0.25, -0.2) is 9.13 Å². The molecule has 0 aliphatic rings. The predicted octanol–water partition coefficient (Wildman–Crippen LogP) is -1.48. The van der Waals surface area contributed by atoms with Gasteiger partial charge in [-0.1, -0.05) is 0 Å². The molecule has 12 heteroatoms. The fraction of sp³-hybridized carbons (Fsp3) is 0.800. The Labute approximate surface area is 95.7 Å². The van der Waals surface area contributed by atoms with Crippen LogP contribution in [0.1, 0.15) is 6.92 Å². The van der Waals surface area contributed by atoms with Gasteiger partial charge < -0.3 is 24.9 Å². The number of hydrogen-bond donors (Lipinski definition) is 5. The van der Waals surface area contributed by atoms with Gasteiger partial charge in [-0.05, 0) is 6.92 Å². The van der Waals surface area contributed by atoms with E-state index in [2.05, 4.69) is 8.83 Å².